The lowest BCUT2D eigenvalue weighted by Crippen LogP contribution is -2.44. The van der Waals surface area contributed by atoms with Gasteiger partial charge in [-0.1, -0.05) is 37.6 Å². The first-order chi connectivity index (χ1) is 8.70. The topological polar surface area (TPSA) is 46.3 Å². The third-order valence-electron chi connectivity index (χ3n) is 2.81. The molecular weight excluding hydrogens is 224 g/mol. The molecule has 3 nitrogen and oxygen atoms in total. The number of amides is 1. The Morgan fingerprint density at radius 3 is 2.67 bits per heavy atom. The molecule has 0 aliphatic carbocycles. The van der Waals surface area contributed by atoms with Gasteiger partial charge in [0.05, 0.1) is 6.04 Å². The zero-order valence-corrected chi connectivity index (χ0v) is 11.0. The Kier molecular flexibility index (Phi) is 6.15. The summed E-state index contributed by atoms with van der Waals surface area (Å²) in [6.07, 6.45) is 4.22. The van der Waals surface area contributed by atoms with Crippen molar-refractivity contribution < 1.29 is 4.79 Å². The van der Waals surface area contributed by atoms with Crippen LogP contribution >= 0.6 is 0 Å². The molecule has 0 bridgehead atoms. The fraction of sp³-hybridized carbons (Fsp3) is 0.400. The molecule has 1 aromatic carbocycles. The van der Waals surface area contributed by atoms with Gasteiger partial charge in [0.15, 0.2) is 0 Å². The fourth-order valence-electron chi connectivity index (χ4n) is 1.77. The second-order valence-corrected chi connectivity index (χ2v) is 4.31. The largest absolute Gasteiger partial charge is 0.320 e. The first-order valence-corrected chi connectivity index (χ1v) is 6.43. The smallest absolute Gasteiger partial charge is 0.244 e. The van der Waals surface area contributed by atoms with Gasteiger partial charge in [0.2, 0.25) is 5.91 Å². The van der Waals surface area contributed by atoms with Crippen molar-refractivity contribution in [2.45, 2.75) is 32.2 Å². The third-order valence-corrected chi connectivity index (χ3v) is 2.81. The lowest BCUT2D eigenvalue weighted by atomic mass is 10.1. The number of carbonyl (C=O) groups is 1. The summed E-state index contributed by atoms with van der Waals surface area (Å²) in [5.41, 5.74) is 6.79. The predicted molar refractivity (Wildman–Crippen MR) is 76.5 cm³/mol. The van der Waals surface area contributed by atoms with Gasteiger partial charge in [-0.25, -0.2) is 0 Å². The van der Waals surface area contributed by atoms with Crippen LogP contribution in [-0.2, 0) is 4.79 Å². The van der Waals surface area contributed by atoms with Crippen molar-refractivity contribution in [3.8, 4) is 0 Å². The normalized spacial score (nSPS) is 11.9. The molecule has 0 heterocycles. The van der Waals surface area contributed by atoms with Crippen LogP contribution in [0.15, 0.2) is 43.0 Å². The number of para-hydroxylation sites is 1. The Morgan fingerprint density at radius 2 is 2.11 bits per heavy atom. The summed E-state index contributed by atoms with van der Waals surface area (Å²) < 4.78 is 0. The van der Waals surface area contributed by atoms with Crippen LogP contribution in [0.5, 0.6) is 0 Å². The van der Waals surface area contributed by atoms with Crippen molar-refractivity contribution in [2.24, 2.45) is 5.73 Å². The van der Waals surface area contributed by atoms with E-state index < -0.39 is 6.04 Å². The van der Waals surface area contributed by atoms with Gasteiger partial charge < -0.3 is 10.6 Å². The summed E-state index contributed by atoms with van der Waals surface area (Å²) in [5, 5.41) is 0. The third kappa shape index (κ3) is 4.00. The molecule has 18 heavy (non-hydrogen) atoms. The molecule has 2 N–H and O–H groups in total. The van der Waals surface area contributed by atoms with Crippen LogP contribution in [0.4, 0.5) is 5.69 Å². The molecule has 0 saturated carbocycles. The average Bonchev–Trinajstić information content (AvgIpc) is 2.40. The van der Waals surface area contributed by atoms with Gasteiger partial charge in [-0.3, -0.25) is 4.79 Å². The van der Waals surface area contributed by atoms with Gasteiger partial charge in [-0.05, 0) is 25.0 Å². The average molecular weight is 246 g/mol. The molecule has 0 radical (unpaired) electrons. The number of anilines is 1. The van der Waals surface area contributed by atoms with E-state index in [-0.39, 0.29) is 5.91 Å². The van der Waals surface area contributed by atoms with Crippen molar-refractivity contribution in [1.82, 2.24) is 0 Å². The molecule has 1 atom stereocenters. The van der Waals surface area contributed by atoms with Crippen molar-refractivity contribution >= 4 is 11.6 Å². The summed E-state index contributed by atoms with van der Waals surface area (Å²) in [5.74, 6) is -0.0328. The first kappa shape index (κ1) is 14.5. The molecule has 0 fully saturated rings. The monoisotopic (exact) mass is 246 g/mol. The highest BCUT2D eigenvalue weighted by molar-refractivity contribution is 5.97. The molecule has 1 unspecified atom stereocenters. The van der Waals surface area contributed by atoms with E-state index in [1.165, 1.54) is 0 Å². The fourth-order valence-corrected chi connectivity index (χ4v) is 1.77. The Labute approximate surface area is 109 Å². The van der Waals surface area contributed by atoms with E-state index in [2.05, 4.69) is 13.5 Å². The van der Waals surface area contributed by atoms with Crippen LogP contribution in [0.2, 0.25) is 0 Å². The van der Waals surface area contributed by atoms with Crippen LogP contribution in [0, 0.1) is 0 Å². The van der Waals surface area contributed by atoms with E-state index in [0.717, 1.165) is 18.5 Å². The maximum atomic E-state index is 12.3. The number of benzene rings is 1. The number of hydrogen-bond acceptors (Lipinski definition) is 2. The maximum absolute atomic E-state index is 12.3. The molecule has 0 aliphatic heterocycles. The van der Waals surface area contributed by atoms with E-state index in [1.54, 1.807) is 11.0 Å². The molecule has 1 rings (SSSR count). The van der Waals surface area contributed by atoms with E-state index >= 15 is 0 Å². The standard InChI is InChI=1S/C15H22N2O/c1-3-5-12-17(13-10-7-6-8-11-13)15(18)14(16)9-4-2/h4,6-8,10-11,14H,2-3,5,9,12,16H2,1H3. The zero-order chi connectivity index (χ0) is 13.4. The molecule has 3 heteroatoms. The summed E-state index contributed by atoms with van der Waals surface area (Å²) in [4.78, 5) is 14.1. The molecule has 1 aromatic rings. The van der Waals surface area contributed by atoms with E-state index in [9.17, 15) is 4.79 Å². The van der Waals surface area contributed by atoms with Gasteiger partial charge in [-0.15, -0.1) is 6.58 Å². The molecule has 98 valence electrons. The second-order valence-electron chi connectivity index (χ2n) is 4.31. The molecule has 1 amide bonds. The summed E-state index contributed by atoms with van der Waals surface area (Å²) >= 11 is 0. The minimum absolute atomic E-state index is 0.0328. The highest BCUT2D eigenvalue weighted by atomic mass is 16.2. The Balaban J connectivity index is 2.84. The van der Waals surface area contributed by atoms with E-state index in [4.69, 9.17) is 5.73 Å². The number of carbonyl (C=O) groups excluding carboxylic acids is 1. The van der Waals surface area contributed by atoms with Crippen molar-refractivity contribution in [3.05, 3.63) is 43.0 Å². The maximum Gasteiger partial charge on any atom is 0.244 e. The highest BCUT2D eigenvalue weighted by Gasteiger charge is 2.20. The molecule has 0 aromatic heterocycles. The van der Waals surface area contributed by atoms with Crippen molar-refractivity contribution in [3.63, 3.8) is 0 Å². The van der Waals surface area contributed by atoms with Gasteiger partial charge in [0.1, 0.15) is 0 Å². The van der Waals surface area contributed by atoms with Gasteiger partial charge in [0, 0.05) is 12.2 Å². The van der Waals surface area contributed by atoms with Crippen LogP contribution < -0.4 is 10.6 Å². The SMILES string of the molecule is C=CCC(N)C(=O)N(CCCC)c1ccccc1. The van der Waals surface area contributed by atoms with Crippen molar-refractivity contribution in [1.29, 1.82) is 0 Å². The predicted octanol–water partition coefficient (Wildman–Crippen LogP) is 2.72. The number of rotatable bonds is 7. The summed E-state index contributed by atoms with van der Waals surface area (Å²) in [6, 6.07) is 9.18. The van der Waals surface area contributed by atoms with E-state index in [0.29, 0.717) is 13.0 Å². The Bertz CT molecular complexity index is 375. The number of nitrogens with zero attached hydrogens (tertiary/aromatic N) is 1. The van der Waals surface area contributed by atoms with Gasteiger partial charge in [0.25, 0.3) is 0 Å². The molecule has 0 spiro atoms. The zero-order valence-electron chi connectivity index (χ0n) is 11.0. The number of nitrogens with two attached hydrogens (primary N) is 1. The van der Waals surface area contributed by atoms with E-state index in [1.807, 2.05) is 30.3 Å². The highest BCUT2D eigenvalue weighted by Crippen LogP contribution is 2.15. The number of unbranched alkanes of at least 4 members (excludes halogenated alkanes) is 1. The minimum Gasteiger partial charge on any atom is -0.320 e. The van der Waals surface area contributed by atoms with Crippen LogP contribution in [-0.4, -0.2) is 18.5 Å². The van der Waals surface area contributed by atoms with Gasteiger partial charge >= 0.3 is 0 Å². The molecule has 0 aliphatic rings. The lowest BCUT2D eigenvalue weighted by molar-refractivity contribution is -0.119. The van der Waals surface area contributed by atoms with Gasteiger partial charge in [-0.2, -0.15) is 0 Å². The second kappa shape index (κ2) is 7.67. The van der Waals surface area contributed by atoms with Crippen LogP contribution in [0.1, 0.15) is 26.2 Å². The number of hydrogen-bond donors (Lipinski definition) is 1. The van der Waals surface area contributed by atoms with Crippen molar-refractivity contribution in [2.75, 3.05) is 11.4 Å². The van der Waals surface area contributed by atoms with Crippen LogP contribution in [0.25, 0.3) is 0 Å². The first-order valence-electron chi connectivity index (χ1n) is 6.43. The molecule has 0 saturated heterocycles. The lowest BCUT2D eigenvalue weighted by Gasteiger charge is -2.25. The quantitative estimate of drug-likeness (QED) is 0.752. The minimum atomic E-state index is -0.500. The molecular formula is C15H22N2O. The summed E-state index contributed by atoms with van der Waals surface area (Å²) in [7, 11) is 0. The Morgan fingerprint density at radius 1 is 1.44 bits per heavy atom. The summed E-state index contributed by atoms with van der Waals surface area (Å²) in [6.45, 7) is 6.45. The van der Waals surface area contributed by atoms with Crippen LogP contribution in [0.3, 0.4) is 0 Å². The Hall–Kier alpha value is -1.61.